The van der Waals surface area contributed by atoms with Gasteiger partial charge in [-0.25, -0.2) is 0 Å². The van der Waals surface area contributed by atoms with Gasteiger partial charge in [-0.1, -0.05) is 0 Å². The number of ether oxygens (including phenoxy) is 1. The SMILES string of the molecule is CC(NCC1(C)CCCO1)c1ccc(Br)o1. The van der Waals surface area contributed by atoms with Gasteiger partial charge in [0.1, 0.15) is 5.76 Å². The van der Waals surface area contributed by atoms with E-state index < -0.39 is 0 Å². The Bertz CT molecular complexity index is 345. The van der Waals surface area contributed by atoms with Gasteiger partial charge >= 0.3 is 0 Å². The molecule has 0 spiro atoms. The number of halogens is 1. The van der Waals surface area contributed by atoms with Gasteiger partial charge in [0.2, 0.25) is 0 Å². The fourth-order valence-electron chi connectivity index (χ4n) is 2.01. The van der Waals surface area contributed by atoms with E-state index >= 15 is 0 Å². The minimum atomic E-state index is -0.00190. The first kappa shape index (κ1) is 12.1. The summed E-state index contributed by atoms with van der Waals surface area (Å²) in [6, 6.07) is 4.12. The highest BCUT2D eigenvalue weighted by Crippen LogP contribution is 2.26. The minimum Gasteiger partial charge on any atom is -0.453 e. The zero-order chi connectivity index (χ0) is 11.6. The smallest absolute Gasteiger partial charge is 0.169 e. The molecule has 1 aliphatic heterocycles. The van der Waals surface area contributed by atoms with Crippen LogP contribution in [0, 0.1) is 0 Å². The summed E-state index contributed by atoms with van der Waals surface area (Å²) in [6.45, 7) is 6.02. The topological polar surface area (TPSA) is 34.4 Å². The molecule has 0 aromatic carbocycles. The first-order valence-electron chi connectivity index (χ1n) is 5.72. The van der Waals surface area contributed by atoms with Gasteiger partial charge in [-0.2, -0.15) is 0 Å². The predicted octanol–water partition coefficient (Wildman–Crippen LogP) is 3.26. The third-order valence-corrected chi connectivity index (χ3v) is 3.53. The zero-order valence-electron chi connectivity index (χ0n) is 9.75. The van der Waals surface area contributed by atoms with E-state index in [1.807, 2.05) is 12.1 Å². The van der Waals surface area contributed by atoms with Gasteiger partial charge in [-0.05, 0) is 54.8 Å². The molecule has 1 fully saturated rings. The van der Waals surface area contributed by atoms with Crippen molar-refractivity contribution >= 4 is 15.9 Å². The third kappa shape index (κ3) is 2.87. The largest absolute Gasteiger partial charge is 0.453 e. The van der Waals surface area contributed by atoms with Crippen LogP contribution < -0.4 is 5.32 Å². The van der Waals surface area contributed by atoms with Crippen LogP contribution in [0.3, 0.4) is 0 Å². The molecule has 2 atom stereocenters. The standard InChI is InChI=1S/C12H18BrNO2/c1-9(10-4-5-11(13)16-10)14-8-12(2)6-3-7-15-12/h4-5,9,14H,3,6-8H2,1-2H3. The van der Waals surface area contributed by atoms with Gasteiger partial charge in [0.05, 0.1) is 11.6 Å². The van der Waals surface area contributed by atoms with Crippen LogP contribution in [0.25, 0.3) is 0 Å². The third-order valence-electron chi connectivity index (χ3n) is 3.10. The molecule has 3 nitrogen and oxygen atoms in total. The molecule has 0 bridgehead atoms. The molecule has 1 N–H and O–H groups in total. The van der Waals surface area contributed by atoms with Crippen molar-refractivity contribution in [3.63, 3.8) is 0 Å². The van der Waals surface area contributed by atoms with E-state index in [1.165, 1.54) is 6.42 Å². The Hall–Kier alpha value is -0.320. The Morgan fingerprint density at radius 1 is 1.56 bits per heavy atom. The van der Waals surface area contributed by atoms with Gasteiger partial charge in [0.15, 0.2) is 4.67 Å². The average molecular weight is 288 g/mol. The summed E-state index contributed by atoms with van der Waals surface area (Å²) in [7, 11) is 0. The van der Waals surface area contributed by atoms with Gasteiger partial charge < -0.3 is 14.5 Å². The zero-order valence-corrected chi connectivity index (χ0v) is 11.3. The highest BCUT2D eigenvalue weighted by molar-refractivity contribution is 9.10. The molecule has 0 aliphatic carbocycles. The lowest BCUT2D eigenvalue weighted by Crippen LogP contribution is -2.38. The number of hydrogen-bond acceptors (Lipinski definition) is 3. The van der Waals surface area contributed by atoms with Crippen molar-refractivity contribution in [1.82, 2.24) is 5.32 Å². The number of nitrogens with one attached hydrogen (secondary N) is 1. The first-order valence-corrected chi connectivity index (χ1v) is 6.51. The van der Waals surface area contributed by atoms with E-state index in [4.69, 9.17) is 9.15 Å². The van der Waals surface area contributed by atoms with Crippen LogP contribution >= 0.6 is 15.9 Å². The minimum absolute atomic E-state index is 0.00190. The van der Waals surface area contributed by atoms with Crippen molar-refractivity contribution in [2.24, 2.45) is 0 Å². The maximum Gasteiger partial charge on any atom is 0.169 e. The van der Waals surface area contributed by atoms with E-state index in [-0.39, 0.29) is 11.6 Å². The molecule has 1 aromatic rings. The number of rotatable bonds is 4. The van der Waals surface area contributed by atoms with Crippen molar-refractivity contribution in [3.05, 3.63) is 22.6 Å². The van der Waals surface area contributed by atoms with Gasteiger partial charge in [-0.15, -0.1) is 0 Å². The second-order valence-corrected chi connectivity index (χ2v) is 5.43. The molecule has 2 heterocycles. The van der Waals surface area contributed by atoms with Crippen molar-refractivity contribution in [2.75, 3.05) is 13.2 Å². The summed E-state index contributed by atoms with van der Waals surface area (Å²) in [5.41, 5.74) is -0.00190. The van der Waals surface area contributed by atoms with Crippen molar-refractivity contribution in [2.45, 2.75) is 38.3 Å². The van der Waals surface area contributed by atoms with Crippen LogP contribution in [0.5, 0.6) is 0 Å². The molecule has 16 heavy (non-hydrogen) atoms. The summed E-state index contributed by atoms with van der Waals surface area (Å²) in [6.07, 6.45) is 2.30. The normalized spacial score (nSPS) is 27.2. The fraction of sp³-hybridized carbons (Fsp3) is 0.667. The van der Waals surface area contributed by atoms with Crippen LogP contribution in [-0.2, 0) is 4.74 Å². The molecule has 4 heteroatoms. The summed E-state index contributed by atoms with van der Waals surface area (Å²) in [4.78, 5) is 0. The molecule has 0 saturated carbocycles. The van der Waals surface area contributed by atoms with Gasteiger partial charge in [0.25, 0.3) is 0 Å². The van der Waals surface area contributed by atoms with Crippen LogP contribution in [0.2, 0.25) is 0 Å². The van der Waals surface area contributed by atoms with E-state index in [0.29, 0.717) is 0 Å². The second kappa shape index (κ2) is 4.90. The predicted molar refractivity (Wildman–Crippen MR) is 66.4 cm³/mol. The molecule has 0 radical (unpaired) electrons. The monoisotopic (exact) mass is 287 g/mol. The summed E-state index contributed by atoms with van der Waals surface area (Å²) < 4.78 is 12.0. The Morgan fingerprint density at radius 3 is 2.94 bits per heavy atom. The van der Waals surface area contributed by atoms with Gasteiger partial charge in [0, 0.05) is 13.2 Å². The lowest BCUT2D eigenvalue weighted by Gasteiger charge is -2.25. The Labute approximate surface area is 105 Å². The first-order chi connectivity index (χ1) is 7.59. The van der Waals surface area contributed by atoms with E-state index in [0.717, 1.165) is 30.0 Å². The lowest BCUT2D eigenvalue weighted by atomic mass is 10.0. The summed E-state index contributed by atoms with van der Waals surface area (Å²) in [5.74, 6) is 0.952. The van der Waals surface area contributed by atoms with E-state index in [1.54, 1.807) is 0 Å². The number of furan rings is 1. The van der Waals surface area contributed by atoms with Crippen LogP contribution in [0.1, 0.15) is 38.5 Å². The van der Waals surface area contributed by atoms with Crippen molar-refractivity contribution < 1.29 is 9.15 Å². The highest BCUT2D eigenvalue weighted by Gasteiger charge is 2.30. The summed E-state index contributed by atoms with van der Waals surface area (Å²) >= 11 is 3.31. The van der Waals surface area contributed by atoms with Crippen molar-refractivity contribution in [1.29, 1.82) is 0 Å². The lowest BCUT2D eigenvalue weighted by molar-refractivity contribution is 0.0186. The molecular formula is C12H18BrNO2. The second-order valence-electron chi connectivity index (χ2n) is 4.65. The Morgan fingerprint density at radius 2 is 2.38 bits per heavy atom. The molecule has 90 valence electrons. The maximum atomic E-state index is 5.73. The average Bonchev–Trinajstić information content (AvgIpc) is 2.85. The van der Waals surface area contributed by atoms with Crippen molar-refractivity contribution in [3.8, 4) is 0 Å². The molecule has 0 amide bonds. The number of hydrogen-bond donors (Lipinski definition) is 1. The van der Waals surface area contributed by atoms with E-state index in [9.17, 15) is 0 Å². The molecule has 1 aromatic heterocycles. The molecular weight excluding hydrogens is 270 g/mol. The highest BCUT2D eigenvalue weighted by atomic mass is 79.9. The molecule has 2 rings (SSSR count). The van der Waals surface area contributed by atoms with Gasteiger partial charge in [-0.3, -0.25) is 0 Å². The Kier molecular flexibility index (Phi) is 3.72. The quantitative estimate of drug-likeness (QED) is 0.923. The van der Waals surface area contributed by atoms with E-state index in [2.05, 4.69) is 35.1 Å². The molecule has 2 unspecified atom stereocenters. The maximum absolute atomic E-state index is 5.73. The summed E-state index contributed by atoms with van der Waals surface area (Å²) in [5, 5.41) is 3.46. The Balaban J connectivity index is 1.86. The molecule has 1 saturated heterocycles. The van der Waals surface area contributed by atoms with Crippen LogP contribution in [-0.4, -0.2) is 18.8 Å². The fourth-order valence-corrected chi connectivity index (χ4v) is 2.33. The van der Waals surface area contributed by atoms with Crippen LogP contribution in [0.4, 0.5) is 0 Å². The van der Waals surface area contributed by atoms with Crippen LogP contribution in [0.15, 0.2) is 21.2 Å². The molecule has 1 aliphatic rings.